The van der Waals surface area contributed by atoms with Crippen molar-refractivity contribution in [3.63, 3.8) is 0 Å². The summed E-state index contributed by atoms with van der Waals surface area (Å²) in [5.41, 5.74) is 0.691. The average Bonchev–Trinajstić information content (AvgIpc) is 2.70. The molecule has 2 N–H and O–H groups in total. The van der Waals surface area contributed by atoms with Crippen LogP contribution in [0, 0.1) is 0 Å². The standard InChI is InChI=1S/C20H20ClF3N4O2/c21-19-15-10-28(27-6-4-14(29)5-7-27)11-16(18(15)17(30)9-25-19)26-13-3-1-2-12(8-13)20(22,23)24/h1-3,8,11,14,26,29H,4-7,9-10H2. The number of allylic oxidation sites excluding steroid dienone is 1. The second kappa shape index (κ2) is 8.05. The van der Waals surface area contributed by atoms with E-state index in [1.807, 2.05) is 10.0 Å². The monoisotopic (exact) mass is 440 g/mol. The fourth-order valence-electron chi connectivity index (χ4n) is 3.78. The summed E-state index contributed by atoms with van der Waals surface area (Å²) in [7, 11) is 0. The van der Waals surface area contributed by atoms with Crippen molar-refractivity contribution in [3.8, 4) is 0 Å². The molecule has 0 aliphatic carbocycles. The van der Waals surface area contributed by atoms with Crippen LogP contribution in [0.4, 0.5) is 18.9 Å². The number of hydrazine groups is 1. The smallest absolute Gasteiger partial charge is 0.393 e. The first-order valence-corrected chi connectivity index (χ1v) is 9.93. The number of nitrogens with zero attached hydrogens (tertiary/aromatic N) is 3. The van der Waals surface area contributed by atoms with E-state index in [0.717, 1.165) is 12.1 Å². The molecule has 0 saturated carbocycles. The molecule has 0 spiro atoms. The number of alkyl halides is 3. The molecule has 4 rings (SSSR count). The third kappa shape index (κ3) is 4.23. The van der Waals surface area contributed by atoms with Gasteiger partial charge >= 0.3 is 6.18 Å². The van der Waals surface area contributed by atoms with Crippen LogP contribution >= 0.6 is 11.6 Å². The number of nitrogens with one attached hydrogen (secondary N) is 1. The minimum Gasteiger partial charge on any atom is -0.393 e. The van der Waals surface area contributed by atoms with Crippen molar-refractivity contribution in [2.45, 2.75) is 25.1 Å². The molecule has 10 heteroatoms. The molecule has 1 fully saturated rings. The maximum Gasteiger partial charge on any atom is 0.416 e. The van der Waals surface area contributed by atoms with Crippen LogP contribution in [0.25, 0.3) is 0 Å². The molecule has 0 bridgehead atoms. The lowest BCUT2D eigenvalue weighted by molar-refractivity contribution is -0.137. The van der Waals surface area contributed by atoms with Crippen LogP contribution < -0.4 is 5.32 Å². The Balaban J connectivity index is 1.68. The third-order valence-electron chi connectivity index (χ3n) is 5.33. The lowest BCUT2D eigenvalue weighted by Crippen LogP contribution is -2.48. The number of anilines is 1. The van der Waals surface area contributed by atoms with E-state index in [4.69, 9.17) is 11.6 Å². The molecule has 0 aromatic heterocycles. The van der Waals surface area contributed by atoms with Crippen molar-refractivity contribution in [2.75, 3.05) is 31.5 Å². The van der Waals surface area contributed by atoms with Gasteiger partial charge in [-0.2, -0.15) is 13.2 Å². The van der Waals surface area contributed by atoms with Crippen LogP contribution in [0.1, 0.15) is 18.4 Å². The Bertz CT molecular complexity index is 950. The summed E-state index contributed by atoms with van der Waals surface area (Å²) in [6.45, 7) is 1.45. The van der Waals surface area contributed by atoms with E-state index in [2.05, 4.69) is 10.3 Å². The van der Waals surface area contributed by atoms with E-state index in [9.17, 15) is 23.1 Å². The first-order chi connectivity index (χ1) is 14.2. The van der Waals surface area contributed by atoms with Crippen molar-refractivity contribution in [3.05, 3.63) is 52.9 Å². The number of halogens is 4. The number of aliphatic imine (C=N–C) groups is 1. The van der Waals surface area contributed by atoms with Gasteiger partial charge in [0, 0.05) is 30.5 Å². The Morgan fingerprint density at radius 1 is 1.23 bits per heavy atom. The Kier molecular flexibility index (Phi) is 5.61. The number of dihydropyridines is 1. The Morgan fingerprint density at radius 3 is 2.67 bits per heavy atom. The first kappa shape index (κ1) is 20.9. The molecule has 160 valence electrons. The molecule has 1 aromatic rings. The van der Waals surface area contributed by atoms with Crippen molar-refractivity contribution >= 4 is 28.2 Å². The summed E-state index contributed by atoms with van der Waals surface area (Å²) >= 11 is 6.29. The van der Waals surface area contributed by atoms with Crippen molar-refractivity contribution in [2.24, 2.45) is 4.99 Å². The minimum atomic E-state index is -4.47. The predicted octanol–water partition coefficient (Wildman–Crippen LogP) is 3.16. The number of Topliss-reactive ketones (excluding diaryl/α,β-unsaturated/α-hetero) is 1. The Morgan fingerprint density at radius 2 is 1.97 bits per heavy atom. The average molecular weight is 441 g/mol. The Hall–Kier alpha value is -2.36. The SMILES string of the molecule is O=C1CN=C(Cl)C2=C1C(Nc1cccc(C(F)(F)F)c1)=CN(N1CCC(O)CC1)C2. The number of piperidine rings is 1. The fraction of sp³-hybridized carbons (Fsp3) is 0.400. The van der Waals surface area contributed by atoms with Gasteiger partial charge in [-0.05, 0) is 31.0 Å². The van der Waals surface area contributed by atoms with Crippen LogP contribution in [-0.4, -0.2) is 58.4 Å². The number of ketones is 1. The summed E-state index contributed by atoms with van der Waals surface area (Å²) in [5.74, 6) is -0.242. The number of carbonyl (C=O) groups excluding carboxylic acids is 1. The number of aliphatic hydroxyl groups is 1. The van der Waals surface area contributed by atoms with E-state index >= 15 is 0 Å². The van der Waals surface area contributed by atoms with Crippen molar-refractivity contribution < 1.29 is 23.1 Å². The molecule has 6 nitrogen and oxygen atoms in total. The molecule has 0 unspecified atom stereocenters. The highest BCUT2D eigenvalue weighted by molar-refractivity contribution is 6.70. The van der Waals surface area contributed by atoms with Crippen molar-refractivity contribution in [1.82, 2.24) is 10.0 Å². The molecule has 3 aliphatic heterocycles. The summed E-state index contributed by atoms with van der Waals surface area (Å²) in [5, 5.41) is 16.9. The van der Waals surface area contributed by atoms with E-state index in [1.54, 1.807) is 6.20 Å². The normalized spacial score (nSPS) is 21.4. The first-order valence-electron chi connectivity index (χ1n) is 9.55. The highest BCUT2D eigenvalue weighted by Crippen LogP contribution is 2.34. The van der Waals surface area contributed by atoms with Crippen LogP contribution in [0.15, 0.2) is 52.3 Å². The van der Waals surface area contributed by atoms with E-state index < -0.39 is 11.7 Å². The molecule has 0 radical (unpaired) electrons. The van der Waals surface area contributed by atoms with Crippen molar-refractivity contribution in [1.29, 1.82) is 0 Å². The van der Waals surface area contributed by atoms with Gasteiger partial charge in [0.2, 0.25) is 0 Å². The zero-order valence-corrected chi connectivity index (χ0v) is 16.7. The zero-order chi connectivity index (χ0) is 21.5. The fourth-order valence-corrected chi connectivity index (χ4v) is 3.99. The number of benzene rings is 1. The summed E-state index contributed by atoms with van der Waals surface area (Å²) < 4.78 is 39.3. The van der Waals surface area contributed by atoms with Gasteiger partial charge in [-0.1, -0.05) is 17.7 Å². The number of hydrogen-bond acceptors (Lipinski definition) is 6. The maximum atomic E-state index is 13.1. The van der Waals surface area contributed by atoms with Gasteiger partial charge in [-0.25, -0.2) is 5.01 Å². The van der Waals surface area contributed by atoms with E-state index in [-0.39, 0.29) is 29.3 Å². The third-order valence-corrected chi connectivity index (χ3v) is 5.68. The van der Waals surface area contributed by atoms with Gasteiger partial charge in [-0.3, -0.25) is 9.79 Å². The van der Waals surface area contributed by atoms with Gasteiger partial charge in [-0.15, -0.1) is 0 Å². The second-order valence-corrected chi connectivity index (χ2v) is 7.77. The number of carbonyl (C=O) groups is 1. The number of rotatable bonds is 3. The maximum absolute atomic E-state index is 13.1. The lowest BCUT2D eigenvalue weighted by Gasteiger charge is -2.41. The highest BCUT2D eigenvalue weighted by Gasteiger charge is 2.34. The van der Waals surface area contributed by atoms with Crippen LogP contribution in [0.3, 0.4) is 0 Å². The summed E-state index contributed by atoms with van der Waals surface area (Å²) in [6.07, 6.45) is -1.90. The second-order valence-electron chi connectivity index (χ2n) is 7.41. The van der Waals surface area contributed by atoms with E-state index in [1.165, 1.54) is 12.1 Å². The zero-order valence-electron chi connectivity index (χ0n) is 15.9. The van der Waals surface area contributed by atoms with E-state index in [0.29, 0.717) is 49.3 Å². The topological polar surface area (TPSA) is 68.2 Å². The molecule has 30 heavy (non-hydrogen) atoms. The van der Waals surface area contributed by atoms with Crippen LogP contribution in [0.2, 0.25) is 0 Å². The molecule has 0 atom stereocenters. The van der Waals surface area contributed by atoms with Crippen LogP contribution in [0.5, 0.6) is 0 Å². The summed E-state index contributed by atoms with van der Waals surface area (Å²) in [4.78, 5) is 16.6. The molecule has 3 aliphatic rings. The highest BCUT2D eigenvalue weighted by atomic mass is 35.5. The van der Waals surface area contributed by atoms with Gasteiger partial charge in [0.05, 0.1) is 29.5 Å². The van der Waals surface area contributed by atoms with Gasteiger partial charge in [0.15, 0.2) is 5.78 Å². The molecule has 1 aromatic carbocycles. The molecular formula is C20H20ClF3N4O2. The largest absolute Gasteiger partial charge is 0.416 e. The summed E-state index contributed by atoms with van der Waals surface area (Å²) in [6, 6.07) is 4.81. The number of aliphatic hydroxyl groups excluding tert-OH is 1. The lowest BCUT2D eigenvalue weighted by atomic mass is 9.96. The van der Waals surface area contributed by atoms with Gasteiger partial charge in [0.1, 0.15) is 11.7 Å². The molecule has 1 saturated heterocycles. The quantitative estimate of drug-likeness (QED) is 0.755. The Labute approximate surface area is 176 Å². The molecule has 3 heterocycles. The van der Waals surface area contributed by atoms with Gasteiger partial charge < -0.3 is 15.4 Å². The minimum absolute atomic E-state index is 0.102. The molecular weight excluding hydrogens is 421 g/mol. The van der Waals surface area contributed by atoms with Gasteiger partial charge in [0.25, 0.3) is 0 Å². The number of hydrogen-bond donors (Lipinski definition) is 2. The predicted molar refractivity (Wildman–Crippen MR) is 107 cm³/mol. The van der Waals surface area contributed by atoms with Crippen LogP contribution in [-0.2, 0) is 11.0 Å². The molecule has 0 amide bonds.